The highest BCUT2D eigenvalue weighted by Gasteiger charge is 2.11. The first-order valence-electron chi connectivity index (χ1n) is 23.7. The van der Waals surface area contributed by atoms with Gasteiger partial charge in [-0.3, -0.25) is 9.59 Å². The van der Waals surface area contributed by atoms with E-state index in [2.05, 4.69) is 33.9 Å². The third-order valence-electron chi connectivity index (χ3n) is 11.2. The summed E-state index contributed by atoms with van der Waals surface area (Å²) in [4.78, 5) is 29.5. The van der Waals surface area contributed by atoms with Gasteiger partial charge in [-0.2, -0.15) is 0 Å². The first-order chi connectivity index (χ1) is 30.8. The molecule has 10 heteroatoms. The highest BCUT2D eigenvalue weighted by atomic mass is 16.5. The summed E-state index contributed by atoms with van der Waals surface area (Å²) >= 11 is 0. The molecule has 4 aromatic carbocycles. The third-order valence-corrected chi connectivity index (χ3v) is 11.2. The Morgan fingerprint density at radius 3 is 1.41 bits per heavy atom. The van der Waals surface area contributed by atoms with Crippen LogP contribution in [-0.4, -0.2) is 105 Å². The molecule has 0 atom stereocenters. The van der Waals surface area contributed by atoms with E-state index in [0.29, 0.717) is 0 Å². The van der Waals surface area contributed by atoms with Gasteiger partial charge in [0.2, 0.25) is 5.91 Å². The standard InChI is InChI=1S/C21H27NO2.C17H26N2O2.C15H23NO2/c1-3-9-20(10-4-1)24-21-13-11-19(12-14-21)23-18-8-2-5-15-22-16-6-7-17-22;1-15(20)18-16-7-9-17(10-8-16)21-14-6-2-3-11-19-12-4-5-13-19;1-4-16(5-2)11-6-12-18-15-9-7-14(8-10-15)13(3)17/h1,3-4,9-14H,2,5-8,15-18H2;7-10H,2-6,11-14H2,1H3,(H,18,20);7-10H,4-6,11-12H2,1-3H3. The number of anilines is 1. The molecular formula is C53H76N4O6. The van der Waals surface area contributed by atoms with Crippen LogP contribution in [0.1, 0.15) is 109 Å². The van der Waals surface area contributed by atoms with Crippen molar-refractivity contribution in [2.75, 3.05) is 84.0 Å². The molecule has 0 spiro atoms. The number of hydrogen-bond donors (Lipinski definition) is 1. The first kappa shape index (κ1) is 50.7. The van der Waals surface area contributed by atoms with E-state index in [0.717, 1.165) is 98.7 Å². The highest BCUT2D eigenvalue weighted by Crippen LogP contribution is 2.24. The number of unbranched alkanes of at least 4 members (excludes halogenated alkanes) is 4. The molecule has 2 aliphatic rings. The normalized spacial score (nSPS) is 13.7. The number of amides is 1. The lowest BCUT2D eigenvalue weighted by molar-refractivity contribution is -0.114. The van der Waals surface area contributed by atoms with Crippen LogP contribution < -0.4 is 24.3 Å². The van der Waals surface area contributed by atoms with Gasteiger partial charge in [0.05, 0.1) is 19.8 Å². The molecule has 63 heavy (non-hydrogen) atoms. The van der Waals surface area contributed by atoms with Crippen molar-refractivity contribution < 1.29 is 28.5 Å². The van der Waals surface area contributed by atoms with E-state index in [1.807, 2.05) is 103 Å². The van der Waals surface area contributed by atoms with E-state index in [1.54, 1.807) is 6.92 Å². The number of likely N-dealkylation sites (tertiary alicyclic amines) is 2. The van der Waals surface area contributed by atoms with E-state index in [-0.39, 0.29) is 11.7 Å². The summed E-state index contributed by atoms with van der Waals surface area (Å²) in [5.41, 5.74) is 1.53. The Kier molecular flexibility index (Phi) is 25.0. The minimum Gasteiger partial charge on any atom is -0.494 e. The van der Waals surface area contributed by atoms with Gasteiger partial charge < -0.3 is 39.0 Å². The van der Waals surface area contributed by atoms with Gasteiger partial charge >= 0.3 is 0 Å². The van der Waals surface area contributed by atoms with Crippen molar-refractivity contribution in [1.29, 1.82) is 0 Å². The van der Waals surface area contributed by atoms with Crippen molar-refractivity contribution >= 4 is 17.4 Å². The van der Waals surface area contributed by atoms with Crippen LogP contribution in [0.25, 0.3) is 0 Å². The summed E-state index contributed by atoms with van der Waals surface area (Å²) in [5.74, 6) is 4.33. The van der Waals surface area contributed by atoms with Gasteiger partial charge in [0.15, 0.2) is 5.78 Å². The predicted octanol–water partition coefficient (Wildman–Crippen LogP) is 11.4. The molecule has 344 valence electrons. The fourth-order valence-electron chi connectivity index (χ4n) is 7.49. The second-order valence-corrected chi connectivity index (χ2v) is 16.3. The van der Waals surface area contributed by atoms with Crippen molar-refractivity contribution in [2.45, 2.75) is 98.3 Å². The molecule has 2 heterocycles. The van der Waals surface area contributed by atoms with E-state index < -0.39 is 0 Å². The van der Waals surface area contributed by atoms with E-state index >= 15 is 0 Å². The summed E-state index contributed by atoms with van der Waals surface area (Å²) in [6.07, 6.45) is 13.8. The lowest BCUT2D eigenvalue weighted by Gasteiger charge is -2.17. The van der Waals surface area contributed by atoms with Crippen molar-refractivity contribution in [3.8, 4) is 28.7 Å². The van der Waals surface area contributed by atoms with Gasteiger partial charge in [-0.25, -0.2) is 0 Å². The number of ether oxygens (including phenoxy) is 4. The number of carbonyl (C=O) groups is 2. The first-order valence-corrected chi connectivity index (χ1v) is 23.7. The van der Waals surface area contributed by atoms with Crippen molar-refractivity contribution in [2.24, 2.45) is 0 Å². The Balaban J connectivity index is 0.000000210. The zero-order valence-corrected chi connectivity index (χ0v) is 38.9. The lowest BCUT2D eigenvalue weighted by atomic mass is 10.1. The van der Waals surface area contributed by atoms with Gasteiger partial charge in [-0.15, -0.1) is 0 Å². The van der Waals surface area contributed by atoms with E-state index in [4.69, 9.17) is 18.9 Å². The summed E-state index contributed by atoms with van der Waals surface area (Å²) in [7, 11) is 0. The largest absolute Gasteiger partial charge is 0.494 e. The third kappa shape index (κ3) is 22.3. The Morgan fingerprint density at radius 1 is 0.524 bits per heavy atom. The molecule has 1 N–H and O–H groups in total. The molecule has 0 radical (unpaired) electrons. The van der Waals surface area contributed by atoms with E-state index in [9.17, 15) is 9.59 Å². The average Bonchev–Trinajstić information content (AvgIpc) is 4.04. The number of ketones is 1. The van der Waals surface area contributed by atoms with Crippen molar-refractivity contribution in [3.05, 3.63) is 109 Å². The average molecular weight is 865 g/mol. The van der Waals surface area contributed by atoms with Crippen LogP contribution in [0.2, 0.25) is 0 Å². The molecule has 0 unspecified atom stereocenters. The molecule has 0 saturated carbocycles. The quantitative estimate of drug-likeness (QED) is 0.0516. The molecule has 0 aliphatic carbocycles. The van der Waals surface area contributed by atoms with Crippen LogP contribution in [-0.2, 0) is 4.79 Å². The number of Topliss-reactive ketones (excluding diaryl/α,β-unsaturated/α-hetero) is 1. The van der Waals surface area contributed by atoms with Gasteiger partial charge in [0.25, 0.3) is 0 Å². The monoisotopic (exact) mass is 865 g/mol. The minimum absolute atomic E-state index is 0.0540. The molecule has 1 amide bonds. The summed E-state index contributed by atoms with van der Waals surface area (Å²) < 4.78 is 22.9. The second kappa shape index (κ2) is 31.0. The Labute approximate surface area is 379 Å². The molecule has 4 aromatic rings. The maximum Gasteiger partial charge on any atom is 0.221 e. The van der Waals surface area contributed by atoms with Gasteiger partial charge in [-0.05, 0) is 215 Å². The van der Waals surface area contributed by atoms with E-state index in [1.165, 1.54) is 97.6 Å². The SMILES string of the molecule is CC(=O)Nc1ccc(OCCCCCN2CCCC2)cc1.CCN(CC)CCCOc1ccc(C(C)=O)cc1.c1ccc(Oc2ccc(OCCCCCN3CCCC3)cc2)cc1. The number of nitrogens with zero attached hydrogens (tertiary/aromatic N) is 3. The Hall–Kier alpha value is -4.90. The van der Waals surface area contributed by atoms with Crippen LogP contribution in [0.3, 0.4) is 0 Å². The van der Waals surface area contributed by atoms with Crippen molar-refractivity contribution in [1.82, 2.24) is 14.7 Å². The highest BCUT2D eigenvalue weighted by molar-refractivity contribution is 5.94. The molecular weight excluding hydrogens is 789 g/mol. The summed E-state index contributed by atoms with van der Waals surface area (Å²) in [6, 6.07) is 32.5. The molecule has 0 aromatic heterocycles. The number of carbonyl (C=O) groups excluding carboxylic acids is 2. The molecule has 0 bridgehead atoms. The molecule has 2 saturated heterocycles. The Morgan fingerprint density at radius 2 is 0.952 bits per heavy atom. The fraction of sp³-hybridized carbons (Fsp3) is 0.509. The van der Waals surface area contributed by atoms with Gasteiger partial charge in [-0.1, -0.05) is 32.0 Å². The van der Waals surface area contributed by atoms with Crippen LogP contribution in [0.15, 0.2) is 103 Å². The zero-order valence-electron chi connectivity index (χ0n) is 38.9. The number of hydrogen-bond acceptors (Lipinski definition) is 9. The number of benzene rings is 4. The van der Waals surface area contributed by atoms with Crippen LogP contribution >= 0.6 is 0 Å². The van der Waals surface area contributed by atoms with Gasteiger partial charge in [0.1, 0.15) is 28.7 Å². The summed E-state index contributed by atoms with van der Waals surface area (Å²) in [5, 5.41) is 2.74. The molecule has 10 nitrogen and oxygen atoms in total. The van der Waals surface area contributed by atoms with Crippen LogP contribution in [0, 0.1) is 0 Å². The topological polar surface area (TPSA) is 92.8 Å². The van der Waals surface area contributed by atoms with Gasteiger partial charge in [0, 0.05) is 24.7 Å². The second-order valence-electron chi connectivity index (χ2n) is 16.3. The molecule has 6 rings (SSSR count). The lowest BCUT2D eigenvalue weighted by Crippen LogP contribution is -2.25. The minimum atomic E-state index is -0.0540. The maximum absolute atomic E-state index is 11.1. The fourth-order valence-corrected chi connectivity index (χ4v) is 7.49. The Bertz CT molecular complexity index is 1770. The van der Waals surface area contributed by atoms with Crippen LogP contribution in [0.4, 0.5) is 5.69 Å². The van der Waals surface area contributed by atoms with Crippen molar-refractivity contribution in [3.63, 3.8) is 0 Å². The predicted molar refractivity (Wildman–Crippen MR) is 258 cm³/mol. The smallest absolute Gasteiger partial charge is 0.221 e. The van der Waals surface area contributed by atoms with Crippen LogP contribution in [0.5, 0.6) is 28.7 Å². The maximum atomic E-state index is 11.1. The number of nitrogens with one attached hydrogen (secondary N) is 1. The number of para-hydroxylation sites is 1. The summed E-state index contributed by atoms with van der Waals surface area (Å²) in [6.45, 7) is 20.6. The zero-order chi connectivity index (χ0) is 44.7. The molecule has 2 aliphatic heterocycles. The molecule has 2 fully saturated rings. The number of rotatable bonds is 25.